The summed E-state index contributed by atoms with van der Waals surface area (Å²) in [5.74, 6) is 7.60. The Hall–Kier alpha value is -3.58. The molecule has 0 saturated carbocycles. The fourth-order valence-electron chi connectivity index (χ4n) is 2.33. The van der Waals surface area contributed by atoms with E-state index in [2.05, 4.69) is 27.8 Å². The third-order valence-corrected chi connectivity index (χ3v) is 3.73. The molecule has 4 nitrogen and oxygen atoms in total. The first-order valence-corrected chi connectivity index (χ1v) is 8.57. The number of rotatable bonds is 5. The minimum atomic E-state index is -5.10. The van der Waals surface area contributed by atoms with Crippen molar-refractivity contribution in [3.8, 4) is 29.4 Å². The molecule has 0 aliphatic heterocycles. The van der Waals surface area contributed by atoms with E-state index in [0.29, 0.717) is 5.56 Å². The molecule has 0 bridgehead atoms. The molecule has 0 amide bonds. The van der Waals surface area contributed by atoms with Crippen LogP contribution in [0.2, 0.25) is 0 Å². The van der Waals surface area contributed by atoms with Crippen molar-refractivity contribution in [3.63, 3.8) is 0 Å². The number of anilines is 1. The lowest BCUT2D eigenvalue weighted by atomic mass is 9.98. The van der Waals surface area contributed by atoms with Crippen LogP contribution in [0.5, 0.6) is 5.75 Å². The standard InChI is InChI=1S/C22H18F3NO3/c1-3-29-20(27)21(22(23,24)25,26-18-14-7-8-15-19(18)28-2)16-10-9-13-17-11-5-4-6-12-17/h4-8,11-12,14-15,26H,3H2,1-2H3. The average Bonchev–Trinajstić information content (AvgIpc) is 2.70. The van der Waals surface area contributed by atoms with Gasteiger partial charge in [-0.1, -0.05) is 36.3 Å². The first kappa shape index (κ1) is 21.7. The Morgan fingerprint density at radius 3 is 2.31 bits per heavy atom. The van der Waals surface area contributed by atoms with E-state index in [0.717, 1.165) is 0 Å². The molecule has 0 aromatic heterocycles. The lowest BCUT2D eigenvalue weighted by Gasteiger charge is -2.30. The van der Waals surface area contributed by atoms with Gasteiger partial charge in [-0.2, -0.15) is 13.2 Å². The fraction of sp³-hybridized carbons (Fsp3) is 0.227. The number of hydrogen-bond donors (Lipinski definition) is 1. The first-order valence-electron chi connectivity index (χ1n) is 8.57. The van der Waals surface area contributed by atoms with Gasteiger partial charge >= 0.3 is 12.1 Å². The largest absolute Gasteiger partial charge is 0.495 e. The fourth-order valence-corrected chi connectivity index (χ4v) is 2.33. The van der Waals surface area contributed by atoms with Crippen LogP contribution in [-0.2, 0) is 9.53 Å². The Morgan fingerprint density at radius 1 is 1.03 bits per heavy atom. The van der Waals surface area contributed by atoms with Crippen LogP contribution in [0.15, 0.2) is 54.6 Å². The highest BCUT2D eigenvalue weighted by molar-refractivity contribution is 5.91. The van der Waals surface area contributed by atoms with Crippen LogP contribution >= 0.6 is 0 Å². The molecule has 0 aliphatic rings. The molecule has 0 radical (unpaired) electrons. The Morgan fingerprint density at radius 2 is 1.69 bits per heavy atom. The number of para-hydroxylation sites is 2. The molecule has 2 aromatic carbocycles. The molecule has 0 saturated heterocycles. The maximum absolute atomic E-state index is 14.1. The van der Waals surface area contributed by atoms with Gasteiger partial charge in [-0.25, -0.2) is 4.79 Å². The molecule has 29 heavy (non-hydrogen) atoms. The highest BCUT2D eigenvalue weighted by Crippen LogP contribution is 2.37. The molecular formula is C22H18F3NO3. The van der Waals surface area contributed by atoms with Gasteiger partial charge in [0.1, 0.15) is 5.75 Å². The van der Waals surface area contributed by atoms with Gasteiger partial charge in [-0.15, -0.1) is 0 Å². The van der Waals surface area contributed by atoms with Crippen LogP contribution in [0.1, 0.15) is 12.5 Å². The van der Waals surface area contributed by atoms with Crippen LogP contribution in [0.3, 0.4) is 0 Å². The molecular weight excluding hydrogens is 383 g/mol. The monoisotopic (exact) mass is 401 g/mol. The van der Waals surface area contributed by atoms with Crippen LogP contribution in [0.25, 0.3) is 0 Å². The van der Waals surface area contributed by atoms with Crippen LogP contribution < -0.4 is 10.1 Å². The number of hydrogen-bond acceptors (Lipinski definition) is 4. The number of ether oxygens (including phenoxy) is 2. The van der Waals surface area contributed by atoms with Crippen LogP contribution in [0, 0.1) is 23.7 Å². The summed E-state index contributed by atoms with van der Waals surface area (Å²) in [6.45, 7) is 1.16. The molecule has 0 heterocycles. The Bertz CT molecular complexity index is 966. The van der Waals surface area contributed by atoms with Crippen molar-refractivity contribution in [2.45, 2.75) is 18.6 Å². The molecule has 1 unspecified atom stereocenters. The van der Waals surface area contributed by atoms with Gasteiger partial charge in [0, 0.05) is 5.56 Å². The van der Waals surface area contributed by atoms with E-state index in [9.17, 15) is 18.0 Å². The average molecular weight is 401 g/mol. The zero-order chi connectivity index (χ0) is 21.3. The number of benzene rings is 2. The maximum atomic E-state index is 14.1. The van der Waals surface area contributed by atoms with Gasteiger partial charge < -0.3 is 14.8 Å². The predicted octanol–water partition coefficient (Wildman–Crippen LogP) is 4.03. The zero-order valence-electron chi connectivity index (χ0n) is 15.8. The predicted molar refractivity (Wildman–Crippen MR) is 103 cm³/mol. The topological polar surface area (TPSA) is 47.6 Å². The smallest absolute Gasteiger partial charge is 0.434 e. The van der Waals surface area contributed by atoms with E-state index in [1.54, 1.807) is 36.4 Å². The Balaban J connectivity index is 2.54. The highest BCUT2D eigenvalue weighted by atomic mass is 19.4. The number of carbonyl (C=O) groups excluding carboxylic acids is 1. The second-order valence-corrected chi connectivity index (χ2v) is 5.66. The third kappa shape index (κ3) is 5.24. The quantitative estimate of drug-likeness (QED) is 0.607. The van der Waals surface area contributed by atoms with E-state index in [-0.39, 0.29) is 18.0 Å². The highest BCUT2D eigenvalue weighted by Gasteiger charge is 2.62. The van der Waals surface area contributed by atoms with E-state index in [1.807, 2.05) is 5.92 Å². The third-order valence-electron chi connectivity index (χ3n) is 3.73. The van der Waals surface area contributed by atoms with Crippen molar-refractivity contribution in [2.24, 2.45) is 0 Å². The molecule has 150 valence electrons. The van der Waals surface area contributed by atoms with Gasteiger partial charge in [-0.05, 0) is 49.0 Å². The van der Waals surface area contributed by atoms with Crippen molar-refractivity contribution >= 4 is 11.7 Å². The molecule has 7 heteroatoms. The van der Waals surface area contributed by atoms with Crippen molar-refractivity contribution in [2.75, 3.05) is 19.0 Å². The lowest BCUT2D eigenvalue weighted by Crippen LogP contribution is -2.58. The van der Waals surface area contributed by atoms with Crippen LogP contribution in [0.4, 0.5) is 18.9 Å². The molecule has 2 aromatic rings. The summed E-state index contributed by atoms with van der Waals surface area (Å²) in [4.78, 5) is 12.4. The van der Waals surface area contributed by atoms with Gasteiger partial charge in [0.25, 0.3) is 5.54 Å². The van der Waals surface area contributed by atoms with Crippen molar-refractivity contribution in [1.82, 2.24) is 0 Å². The second kappa shape index (κ2) is 9.57. The number of nitrogens with one attached hydrogen (secondary N) is 1. The van der Waals surface area contributed by atoms with Gasteiger partial charge in [0.05, 0.1) is 19.4 Å². The Labute approximate surface area is 167 Å². The molecule has 1 atom stereocenters. The second-order valence-electron chi connectivity index (χ2n) is 5.66. The number of esters is 1. The molecule has 2 rings (SSSR count). The van der Waals surface area contributed by atoms with Gasteiger partial charge in [0.2, 0.25) is 0 Å². The minimum absolute atomic E-state index is 0.0642. The Kier molecular flexibility index (Phi) is 7.16. The summed E-state index contributed by atoms with van der Waals surface area (Å²) in [7, 11) is 1.30. The van der Waals surface area contributed by atoms with Crippen LogP contribution in [-0.4, -0.2) is 31.4 Å². The molecule has 0 fully saturated rings. The van der Waals surface area contributed by atoms with E-state index < -0.39 is 17.7 Å². The summed E-state index contributed by atoms with van der Waals surface area (Å²) in [5.41, 5.74) is -2.80. The number of methoxy groups -OCH3 is 1. The van der Waals surface area contributed by atoms with Gasteiger partial charge in [-0.3, -0.25) is 0 Å². The van der Waals surface area contributed by atoms with Crippen molar-refractivity contribution in [3.05, 3.63) is 60.2 Å². The minimum Gasteiger partial charge on any atom is -0.495 e. The zero-order valence-corrected chi connectivity index (χ0v) is 15.8. The summed E-state index contributed by atoms with van der Waals surface area (Å²) in [6.07, 6.45) is -5.10. The summed E-state index contributed by atoms with van der Waals surface area (Å²) >= 11 is 0. The van der Waals surface area contributed by atoms with Crippen molar-refractivity contribution in [1.29, 1.82) is 0 Å². The maximum Gasteiger partial charge on any atom is 0.434 e. The molecule has 0 aliphatic carbocycles. The SMILES string of the molecule is CCOC(=O)C(C#CC#Cc1ccccc1)(Nc1ccccc1OC)C(F)(F)F. The van der Waals surface area contributed by atoms with E-state index in [1.165, 1.54) is 32.2 Å². The van der Waals surface area contributed by atoms with E-state index in [4.69, 9.17) is 4.74 Å². The van der Waals surface area contributed by atoms with Gasteiger partial charge in [0.15, 0.2) is 0 Å². The number of alkyl halides is 3. The summed E-state index contributed by atoms with van der Waals surface area (Å²) in [5, 5.41) is 2.17. The normalized spacial score (nSPS) is 12.3. The number of halogens is 3. The van der Waals surface area contributed by atoms with E-state index >= 15 is 0 Å². The lowest BCUT2D eigenvalue weighted by molar-refractivity contribution is -0.188. The number of carbonyl (C=O) groups is 1. The van der Waals surface area contributed by atoms with Crippen molar-refractivity contribution < 1.29 is 27.4 Å². The summed E-state index contributed by atoms with van der Waals surface area (Å²) in [6, 6.07) is 14.5. The first-order chi connectivity index (χ1) is 13.8. The molecule has 1 N–H and O–H groups in total. The summed E-state index contributed by atoms with van der Waals surface area (Å²) < 4.78 is 51.9. The molecule has 0 spiro atoms.